The van der Waals surface area contributed by atoms with Crippen LogP contribution in [0.2, 0.25) is 0 Å². The predicted octanol–water partition coefficient (Wildman–Crippen LogP) is 2.74. The predicted molar refractivity (Wildman–Crippen MR) is 73.4 cm³/mol. The van der Waals surface area contributed by atoms with E-state index in [0.717, 1.165) is 5.56 Å². The molecule has 0 bridgehead atoms. The number of carboxylic acids is 1. The number of aliphatic carboxylic acids is 1. The monoisotopic (exact) mass is 281 g/mol. The highest BCUT2D eigenvalue weighted by atomic mass is 16.5. The number of fused-ring (bicyclic) bond motifs is 1. The minimum absolute atomic E-state index is 0.347. The molecule has 0 amide bonds. The van der Waals surface area contributed by atoms with Gasteiger partial charge in [-0.05, 0) is 23.8 Å². The quantitative estimate of drug-likeness (QED) is 0.935. The van der Waals surface area contributed by atoms with E-state index in [-0.39, 0.29) is 0 Å². The summed E-state index contributed by atoms with van der Waals surface area (Å²) in [5.41, 5.74) is 1.27. The van der Waals surface area contributed by atoms with Gasteiger partial charge in [0.1, 0.15) is 23.3 Å². The molecule has 21 heavy (non-hydrogen) atoms. The van der Waals surface area contributed by atoms with Crippen molar-refractivity contribution in [3.8, 4) is 23.3 Å². The average molecular weight is 281 g/mol. The summed E-state index contributed by atoms with van der Waals surface area (Å²) in [6.07, 6.45) is -0.499. The third-order valence-corrected chi connectivity index (χ3v) is 3.22. The van der Waals surface area contributed by atoms with Gasteiger partial charge in [-0.1, -0.05) is 18.2 Å². The normalized spacial score (nSPS) is 15.7. The summed E-state index contributed by atoms with van der Waals surface area (Å²) in [5, 5.41) is 18.0. The van der Waals surface area contributed by atoms with Crippen molar-refractivity contribution in [2.45, 2.75) is 12.5 Å². The first-order chi connectivity index (χ1) is 10.2. The number of benzene rings is 2. The van der Waals surface area contributed by atoms with E-state index < -0.39 is 12.1 Å². The van der Waals surface area contributed by atoms with Crippen LogP contribution in [0.25, 0.3) is 0 Å². The fraction of sp³-hybridized carbons (Fsp3) is 0.125. The molecule has 0 saturated carbocycles. The van der Waals surface area contributed by atoms with Gasteiger partial charge in [-0.2, -0.15) is 5.26 Å². The maximum atomic E-state index is 10.9. The Morgan fingerprint density at radius 3 is 2.90 bits per heavy atom. The summed E-state index contributed by atoms with van der Waals surface area (Å²) in [5.74, 6) is 0.480. The molecule has 1 heterocycles. The first-order valence-electron chi connectivity index (χ1n) is 6.37. The summed E-state index contributed by atoms with van der Waals surface area (Å²) in [6, 6.07) is 14.1. The van der Waals surface area contributed by atoms with Crippen LogP contribution in [0.5, 0.6) is 17.2 Å². The summed E-state index contributed by atoms with van der Waals surface area (Å²) < 4.78 is 11.0. The van der Waals surface area contributed by atoms with Gasteiger partial charge in [-0.25, -0.2) is 4.79 Å². The number of carboxylic acid groups (broad SMARTS) is 1. The molecule has 0 aromatic heterocycles. The van der Waals surface area contributed by atoms with E-state index in [1.165, 1.54) is 0 Å². The van der Waals surface area contributed by atoms with E-state index in [9.17, 15) is 4.79 Å². The highest BCUT2D eigenvalue weighted by molar-refractivity contribution is 5.74. The third kappa shape index (κ3) is 2.51. The first kappa shape index (κ1) is 13.0. The fourth-order valence-corrected chi connectivity index (χ4v) is 2.18. The van der Waals surface area contributed by atoms with Crippen molar-refractivity contribution >= 4 is 5.97 Å². The molecule has 5 nitrogen and oxygen atoms in total. The molecule has 2 aromatic carbocycles. The van der Waals surface area contributed by atoms with Crippen molar-refractivity contribution in [1.82, 2.24) is 0 Å². The zero-order chi connectivity index (χ0) is 14.8. The lowest BCUT2D eigenvalue weighted by atomic mass is 10.1. The molecule has 0 saturated heterocycles. The number of hydrogen-bond donors (Lipinski definition) is 1. The molecule has 0 aliphatic carbocycles. The van der Waals surface area contributed by atoms with Crippen LogP contribution in [0, 0.1) is 11.3 Å². The second kappa shape index (κ2) is 5.17. The van der Waals surface area contributed by atoms with Gasteiger partial charge in [-0.3, -0.25) is 0 Å². The molecule has 5 heteroatoms. The van der Waals surface area contributed by atoms with Gasteiger partial charge in [0.25, 0.3) is 0 Å². The van der Waals surface area contributed by atoms with Gasteiger partial charge >= 0.3 is 5.97 Å². The summed E-state index contributed by atoms with van der Waals surface area (Å²) >= 11 is 0. The lowest BCUT2D eigenvalue weighted by molar-refractivity contribution is -0.144. The highest BCUT2D eigenvalue weighted by Gasteiger charge is 2.29. The molecular formula is C16H11NO4. The van der Waals surface area contributed by atoms with Crippen molar-refractivity contribution in [1.29, 1.82) is 5.26 Å². The molecule has 1 unspecified atom stereocenters. The number of ether oxygens (including phenoxy) is 2. The van der Waals surface area contributed by atoms with Crippen LogP contribution in [0.15, 0.2) is 42.5 Å². The standard InChI is InChI=1S/C16H11NO4/c17-9-11-3-1-2-4-13(11)20-12-6-5-10-7-15(16(18)19)21-14(10)8-12/h1-6,8,15H,7H2,(H,18,19). The maximum absolute atomic E-state index is 10.9. The van der Waals surface area contributed by atoms with E-state index in [1.807, 2.05) is 0 Å². The average Bonchev–Trinajstić information content (AvgIpc) is 2.91. The summed E-state index contributed by atoms with van der Waals surface area (Å²) in [6.45, 7) is 0. The minimum atomic E-state index is -0.983. The van der Waals surface area contributed by atoms with Crippen molar-refractivity contribution in [2.75, 3.05) is 0 Å². The van der Waals surface area contributed by atoms with Crippen LogP contribution in [0.1, 0.15) is 11.1 Å². The SMILES string of the molecule is N#Cc1ccccc1Oc1ccc2c(c1)OC(C(=O)O)C2. The zero-order valence-corrected chi connectivity index (χ0v) is 10.9. The topological polar surface area (TPSA) is 79.5 Å². The minimum Gasteiger partial charge on any atom is -0.478 e. The van der Waals surface area contributed by atoms with E-state index in [2.05, 4.69) is 6.07 Å². The lowest BCUT2D eigenvalue weighted by Crippen LogP contribution is -2.24. The van der Waals surface area contributed by atoms with Gasteiger partial charge in [-0.15, -0.1) is 0 Å². The van der Waals surface area contributed by atoms with Crippen LogP contribution in [0.4, 0.5) is 0 Å². The number of hydrogen-bond acceptors (Lipinski definition) is 4. The number of rotatable bonds is 3. The number of nitrogens with zero attached hydrogens (tertiary/aromatic N) is 1. The highest BCUT2D eigenvalue weighted by Crippen LogP contribution is 2.34. The van der Waals surface area contributed by atoms with Gasteiger partial charge in [0, 0.05) is 12.5 Å². The molecule has 1 aliphatic heterocycles. The Morgan fingerprint density at radius 2 is 2.14 bits per heavy atom. The molecule has 0 radical (unpaired) electrons. The smallest absolute Gasteiger partial charge is 0.345 e. The van der Waals surface area contributed by atoms with Crippen LogP contribution in [0.3, 0.4) is 0 Å². The first-order valence-corrected chi connectivity index (χ1v) is 6.37. The molecule has 2 aromatic rings. The van der Waals surface area contributed by atoms with Gasteiger partial charge in [0.15, 0.2) is 6.10 Å². The second-order valence-corrected chi connectivity index (χ2v) is 4.63. The van der Waals surface area contributed by atoms with Crippen LogP contribution < -0.4 is 9.47 Å². The Bertz CT molecular complexity index is 748. The Balaban J connectivity index is 1.85. The molecule has 0 spiro atoms. The number of para-hydroxylation sites is 1. The third-order valence-electron chi connectivity index (χ3n) is 3.22. The van der Waals surface area contributed by atoms with Crippen molar-refractivity contribution in [3.05, 3.63) is 53.6 Å². The zero-order valence-electron chi connectivity index (χ0n) is 10.9. The number of carbonyl (C=O) groups is 1. The Hall–Kier alpha value is -3.00. The summed E-state index contributed by atoms with van der Waals surface area (Å²) in [7, 11) is 0. The number of nitriles is 1. The molecule has 104 valence electrons. The van der Waals surface area contributed by atoms with Crippen molar-refractivity contribution < 1.29 is 19.4 Å². The largest absolute Gasteiger partial charge is 0.478 e. The van der Waals surface area contributed by atoms with E-state index >= 15 is 0 Å². The molecule has 0 fully saturated rings. The molecule has 1 aliphatic rings. The van der Waals surface area contributed by atoms with E-state index in [1.54, 1.807) is 42.5 Å². The van der Waals surface area contributed by atoms with E-state index in [0.29, 0.717) is 29.2 Å². The maximum Gasteiger partial charge on any atom is 0.345 e. The molecule has 3 rings (SSSR count). The van der Waals surface area contributed by atoms with Crippen molar-refractivity contribution in [3.63, 3.8) is 0 Å². The molecule has 1 atom stereocenters. The summed E-state index contributed by atoms with van der Waals surface area (Å²) in [4.78, 5) is 10.9. The van der Waals surface area contributed by atoms with Crippen LogP contribution in [-0.2, 0) is 11.2 Å². The van der Waals surface area contributed by atoms with Crippen LogP contribution >= 0.6 is 0 Å². The molecular weight excluding hydrogens is 270 g/mol. The Kier molecular flexibility index (Phi) is 3.20. The van der Waals surface area contributed by atoms with Gasteiger partial charge in [0.2, 0.25) is 0 Å². The van der Waals surface area contributed by atoms with Crippen LogP contribution in [-0.4, -0.2) is 17.2 Å². The van der Waals surface area contributed by atoms with Gasteiger partial charge < -0.3 is 14.6 Å². The van der Waals surface area contributed by atoms with E-state index in [4.69, 9.17) is 19.8 Å². The van der Waals surface area contributed by atoms with Crippen molar-refractivity contribution in [2.24, 2.45) is 0 Å². The second-order valence-electron chi connectivity index (χ2n) is 4.63. The Labute approximate surface area is 121 Å². The Morgan fingerprint density at radius 1 is 1.33 bits per heavy atom. The lowest BCUT2D eigenvalue weighted by Gasteiger charge is -2.08. The van der Waals surface area contributed by atoms with Gasteiger partial charge in [0.05, 0.1) is 5.56 Å². The molecule has 1 N–H and O–H groups in total. The fourth-order valence-electron chi connectivity index (χ4n) is 2.18.